The third-order valence-corrected chi connectivity index (χ3v) is 2.47. The minimum atomic E-state index is 1.01. The van der Waals surface area contributed by atoms with Crippen molar-refractivity contribution < 1.29 is 0 Å². The number of hydrogen-bond donors (Lipinski definition) is 0. The van der Waals surface area contributed by atoms with Crippen LogP contribution in [0.5, 0.6) is 0 Å². The van der Waals surface area contributed by atoms with E-state index in [4.69, 9.17) is 0 Å². The summed E-state index contributed by atoms with van der Waals surface area (Å²) in [5, 5.41) is 0. The van der Waals surface area contributed by atoms with Crippen LogP contribution in [0.15, 0.2) is 24.3 Å². The monoisotopic (exact) mass is 206 g/mol. The van der Waals surface area contributed by atoms with Gasteiger partial charge in [-0.1, -0.05) is 52.0 Å². The molecule has 86 valence electrons. The lowest BCUT2D eigenvalue weighted by atomic mass is 10.0. The Balaban J connectivity index is 0.000000442. The molecule has 1 aromatic carbocycles. The molecule has 0 heteroatoms. The van der Waals surface area contributed by atoms with Gasteiger partial charge in [0.1, 0.15) is 0 Å². The number of hydrogen-bond acceptors (Lipinski definition) is 0. The van der Waals surface area contributed by atoms with Crippen molar-refractivity contribution >= 4 is 0 Å². The zero-order valence-corrected chi connectivity index (χ0v) is 11.0. The first-order valence-electron chi connectivity index (χ1n) is 6.41. The first-order valence-corrected chi connectivity index (χ1v) is 6.41. The molecule has 0 spiro atoms. The van der Waals surface area contributed by atoms with Gasteiger partial charge < -0.3 is 0 Å². The average Bonchev–Trinajstić information content (AvgIpc) is 3.11. The lowest BCUT2D eigenvalue weighted by Crippen LogP contribution is -1.89. The van der Waals surface area contributed by atoms with Crippen LogP contribution in [-0.2, 0) is 6.42 Å². The largest absolute Gasteiger partial charge is 0.0683 e. The third-order valence-electron chi connectivity index (χ3n) is 2.47. The van der Waals surface area contributed by atoms with Gasteiger partial charge in [0.25, 0.3) is 0 Å². The molecule has 1 aliphatic rings. The molecular formula is C15H26. The first-order chi connectivity index (χ1) is 7.36. The summed E-state index contributed by atoms with van der Waals surface area (Å²) in [6.45, 7) is 10.2. The highest BCUT2D eigenvalue weighted by Gasteiger charge is 2.21. The van der Waals surface area contributed by atoms with Crippen LogP contribution in [0, 0.1) is 12.8 Å². The van der Waals surface area contributed by atoms with Crippen molar-refractivity contribution in [3.8, 4) is 0 Å². The second-order valence-corrected chi connectivity index (χ2v) is 3.57. The van der Waals surface area contributed by atoms with E-state index in [1.54, 1.807) is 5.56 Å². The van der Waals surface area contributed by atoms with Crippen LogP contribution in [0.3, 0.4) is 0 Å². The third kappa shape index (κ3) is 5.61. The van der Waals surface area contributed by atoms with Crippen molar-refractivity contribution in [2.75, 3.05) is 0 Å². The van der Waals surface area contributed by atoms with Gasteiger partial charge in [0.2, 0.25) is 0 Å². The maximum Gasteiger partial charge on any atom is -0.0248 e. The molecule has 1 aliphatic carbocycles. The second kappa shape index (κ2) is 8.52. The molecule has 0 bridgehead atoms. The smallest absolute Gasteiger partial charge is 0.0248 e. The summed E-state index contributed by atoms with van der Waals surface area (Å²) in [5.41, 5.74) is 3.01. The summed E-state index contributed by atoms with van der Waals surface area (Å²) in [5.74, 6) is 1.01. The molecule has 0 unspecified atom stereocenters. The van der Waals surface area contributed by atoms with E-state index in [9.17, 15) is 0 Å². The zero-order valence-electron chi connectivity index (χ0n) is 11.0. The molecule has 0 radical (unpaired) electrons. The SMILES string of the molecule is CC.CC.Cc1ccccc1CC1CC1. The molecule has 0 atom stereocenters. The Morgan fingerprint density at radius 2 is 1.53 bits per heavy atom. The van der Waals surface area contributed by atoms with Gasteiger partial charge in [-0.05, 0) is 43.2 Å². The van der Waals surface area contributed by atoms with Gasteiger partial charge in [-0.25, -0.2) is 0 Å². The molecular weight excluding hydrogens is 180 g/mol. The van der Waals surface area contributed by atoms with Gasteiger partial charge >= 0.3 is 0 Å². The lowest BCUT2D eigenvalue weighted by molar-refractivity contribution is 0.826. The van der Waals surface area contributed by atoms with Gasteiger partial charge in [-0.3, -0.25) is 0 Å². The van der Waals surface area contributed by atoms with E-state index in [0.29, 0.717) is 0 Å². The first kappa shape index (κ1) is 14.2. The Hall–Kier alpha value is -0.780. The number of aryl methyl sites for hydroxylation is 1. The molecule has 0 aliphatic heterocycles. The quantitative estimate of drug-likeness (QED) is 0.639. The molecule has 1 saturated carbocycles. The molecule has 0 aromatic heterocycles. The Kier molecular flexibility index (Phi) is 8.08. The summed E-state index contributed by atoms with van der Waals surface area (Å²) >= 11 is 0. The van der Waals surface area contributed by atoms with Crippen molar-refractivity contribution in [1.82, 2.24) is 0 Å². The van der Waals surface area contributed by atoms with Crippen LogP contribution >= 0.6 is 0 Å². The van der Waals surface area contributed by atoms with Gasteiger partial charge in [-0.2, -0.15) is 0 Å². The normalized spacial score (nSPS) is 13.1. The lowest BCUT2D eigenvalue weighted by Gasteiger charge is -2.02. The van der Waals surface area contributed by atoms with Crippen LogP contribution in [-0.4, -0.2) is 0 Å². The van der Waals surface area contributed by atoms with E-state index in [1.165, 1.54) is 24.8 Å². The van der Waals surface area contributed by atoms with Gasteiger partial charge in [-0.15, -0.1) is 0 Å². The highest BCUT2D eigenvalue weighted by Crippen LogP contribution is 2.33. The highest BCUT2D eigenvalue weighted by atomic mass is 14.3. The molecule has 1 aromatic rings. The van der Waals surface area contributed by atoms with E-state index in [0.717, 1.165) is 5.92 Å². The minimum absolute atomic E-state index is 1.01. The molecule has 0 amide bonds. The van der Waals surface area contributed by atoms with Crippen LogP contribution in [0.1, 0.15) is 51.7 Å². The van der Waals surface area contributed by atoms with E-state index in [1.807, 2.05) is 27.7 Å². The molecule has 2 rings (SSSR count). The van der Waals surface area contributed by atoms with E-state index in [-0.39, 0.29) is 0 Å². The van der Waals surface area contributed by atoms with E-state index in [2.05, 4.69) is 31.2 Å². The predicted molar refractivity (Wildman–Crippen MR) is 70.3 cm³/mol. The van der Waals surface area contributed by atoms with Gasteiger partial charge in [0, 0.05) is 0 Å². The predicted octanol–water partition coefficient (Wildman–Crippen LogP) is 5.00. The second-order valence-electron chi connectivity index (χ2n) is 3.57. The molecule has 0 heterocycles. The van der Waals surface area contributed by atoms with Crippen molar-refractivity contribution in [1.29, 1.82) is 0 Å². The summed E-state index contributed by atoms with van der Waals surface area (Å²) in [7, 11) is 0. The highest BCUT2D eigenvalue weighted by molar-refractivity contribution is 5.26. The fourth-order valence-corrected chi connectivity index (χ4v) is 1.47. The average molecular weight is 206 g/mol. The fraction of sp³-hybridized carbons (Fsp3) is 0.600. The Bertz CT molecular complexity index is 246. The van der Waals surface area contributed by atoms with Crippen LogP contribution in [0.2, 0.25) is 0 Å². The van der Waals surface area contributed by atoms with Crippen molar-refractivity contribution in [2.24, 2.45) is 5.92 Å². The summed E-state index contributed by atoms with van der Waals surface area (Å²) in [6.07, 6.45) is 4.22. The van der Waals surface area contributed by atoms with Crippen LogP contribution in [0.4, 0.5) is 0 Å². The molecule has 15 heavy (non-hydrogen) atoms. The van der Waals surface area contributed by atoms with E-state index < -0.39 is 0 Å². The molecule has 0 N–H and O–H groups in total. The molecule has 1 fully saturated rings. The van der Waals surface area contributed by atoms with Crippen LogP contribution < -0.4 is 0 Å². The summed E-state index contributed by atoms with van der Waals surface area (Å²) in [4.78, 5) is 0. The number of rotatable bonds is 2. The van der Waals surface area contributed by atoms with Crippen molar-refractivity contribution in [3.05, 3.63) is 35.4 Å². The van der Waals surface area contributed by atoms with Crippen molar-refractivity contribution in [3.63, 3.8) is 0 Å². The molecule has 0 nitrogen and oxygen atoms in total. The maximum absolute atomic E-state index is 2.26. The zero-order chi connectivity index (χ0) is 11.7. The van der Waals surface area contributed by atoms with E-state index >= 15 is 0 Å². The minimum Gasteiger partial charge on any atom is -0.0683 e. The summed E-state index contributed by atoms with van der Waals surface area (Å²) < 4.78 is 0. The fourth-order valence-electron chi connectivity index (χ4n) is 1.47. The Morgan fingerprint density at radius 3 is 2.00 bits per heavy atom. The van der Waals surface area contributed by atoms with Gasteiger partial charge in [0.15, 0.2) is 0 Å². The standard InChI is InChI=1S/C11H14.2C2H6/c1-9-4-2-3-5-11(9)8-10-6-7-10;2*1-2/h2-5,10H,6-8H2,1H3;2*1-2H3. The topological polar surface area (TPSA) is 0 Å². The Labute approximate surface area is 95.7 Å². The molecule has 0 saturated heterocycles. The van der Waals surface area contributed by atoms with Crippen molar-refractivity contribution in [2.45, 2.75) is 53.9 Å². The summed E-state index contributed by atoms with van der Waals surface area (Å²) in [6, 6.07) is 8.72. The maximum atomic E-state index is 2.26. The van der Waals surface area contributed by atoms with Gasteiger partial charge in [0.05, 0.1) is 0 Å². The Morgan fingerprint density at radius 1 is 1.00 bits per heavy atom. The van der Waals surface area contributed by atoms with Crippen LogP contribution in [0.25, 0.3) is 0 Å². The number of benzene rings is 1.